The molecule has 1 aromatic rings. The predicted octanol–water partition coefficient (Wildman–Crippen LogP) is 2.00. The van der Waals surface area contributed by atoms with E-state index in [1.54, 1.807) is 0 Å². The van der Waals surface area contributed by atoms with Gasteiger partial charge in [0.25, 0.3) is 0 Å². The van der Waals surface area contributed by atoms with Crippen LogP contribution in [-0.4, -0.2) is 18.2 Å². The number of halogens is 1. The lowest BCUT2D eigenvalue weighted by atomic mass is 10.0. The standard InChI is InChI=1S/C10H8ClNO3/c1-15-9-7(10(13)14)3-2-6(4-11)8(9)5-12/h2-3H,4H2,1H3,(H,13,14). The van der Waals surface area contributed by atoms with Gasteiger partial charge in [-0.15, -0.1) is 11.6 Å². The molecule has 15 heavy (non-hydrogen) atoms. The molecule has 5 heteroatoms. The maximum Gasteiger partial charge on any atom is 0.339 e. The van der Waals surface area contributed by atoms with Crippen LogP contribution in [0.4, 0.5) is 0 Å². The summed E-state index contributed by atoms with van der Waals surface area (Å²) < 4.78 is 4.91. The van der Waals surface area contributed by atoms with Gasteiger partial charge in [0.1, 0.15) is 11.6 Å². The van der Waals surface area contributed by atoms with Gasteiger partial charge in [-0.2, -0.15) is 5.26 Å². The first-order valence-corrected chi connectivity index (χ1v) is 4.58. The largest absolute Gasteiger partial charge is 0.494 e. The maximum atomic E-state index is 10.8. The molecule has 1 aromatic carbocycles. The van der Waals surface area contributed by atoms with E-state index >= 15 is 0 Å². The van der Waals surface area contributed by atoms with Gasteiger partial charge in [0.2, 0.25) is 0 Å². The van der Waals surface area contributed by atoms with Crippen molar-refractivity contribution in [1.29, 1.82) is 5.26 Å². The maximum absolute atomic E-state index is 10.8. The molecular formula is C10H8ClNO3. The Kier molecular flexibility index (Phi) is 3.53. The van der Waals surface area contributed by atoms with E-state index in [-0.39, 0.29) is 22.8 Å². The fourth-order valence-electron chi connectivity index (χ4n) is 1.24. The number of carboxylic acids is 1. The van der Waals surface area contributed by atoms with Crippen molar-refractivity contribution in [2.75, 3.05) is 7.11 Å². The zero-order valence-corrected chi connectivity index (χ0v) is 8.71. The molecule has 0 heterocycles. The molecule has 0 aliphatic heterocycles. The lowest BCUT2D eigenvalue weighted by Gasteiger charge is -2.09. The highest BCUT2D eigenvalue weighted by Crippen LogP contribution is 2.27. The van der Waals surface area contributed by atoms with Gasteiger partial charge in [0.05, 0.1) is 12.7 Å². The fraction of sp³-hybridized carbons (Fsp3) is 0.200. The van der Waals surface area contributed by atoms with Gasteiger partial charge in [0, 0.05) is 5.88 Å². The van der Waals surface area contributed by atoms with Crippen LogP contribution in [0.2, 0.25) is 0 Å². The lowest BCUT2D eigenvalue weighted by Crippen LogP contribution is -2.04. The van der Waals surface area contributed by atoms with Gasteiger partial charge in [-0.25, -0.2) is 4.79 Å². The minimum atomic E-state index is -1.13. The second kappa shape index (κ2) is 4.67. The Bertz CT molecular complexity index is 437. The number of aromatic carboxylic acids is 1. The van der Waals surface area contributed by atoms with E-state index in [4.69, 9.17) is 26.7 Å². The van der Waals surface area contributed by atoms with Crippen molar-refractivity contribution in [3.8, 4) is 11.8 Å². The number of rotatable bonds is 3. The number of nitriles is 1. The molecule has 0 aromatic heterocycles. The summed E-state index contributed by atoms with van der Waals surface area (Å²) in [5.41, 5.74) is 0.691. The Hall–Kier alpha value is -1.73. The second-order valence-corrected chi connectivity index (χ2v) is 3.00. The van der Waals surface area contributed by atoms with Crippen molar-refractivity contribution in [2.45, 2.75) is 5.88 Å². The normalized spacial score (nSPS) is 9.40. The average molecular weight is 226 g/mol. The molecule has 1 rings (SSSR count). The van der Waals surface area contributed by atoms with E-state index in [1.165, 1.54) is 19.2 Å². The molecule has 0 aliphatic carbocycles. The van der Waals surface area contributed by atoms with Crippen LogP contribution in [-0.2, 0) is 5.88 Å². The molecule has 78 valence electrons. The van der Waals surface area contributed by atoms with Crippen LogP contribution < -0.4 is 4.74 Å². The van der Waals surface area contributed by atoms with Crippen molar-refractivity contribution in [2.24, 2.45) is 0 Å². The summed E-state index contributed by atoms with van der Waals surface area (Å²) >= 11 is 5.62. The van der Waals surface area contributed by atoms with Crippen molar-refractivity contribution >= 4 is 17.6 Å². The minimum Gasteiger partial charge on any atom is -0.494 e. The van der Waals surface area contributed by atoms with Gasteiger partial charge in [0.15, 0.2) is 5.75 Å². The van der Waals surface area contributed by atoms with E-state index in [9.17, 15) is 4.79 Å². The Morgan fingerprint density at radius 1 is 1.67 bits per heavy atom. The molecule has 0 spiro atoms. The minimum absolute atomic E-state index is 0.0390. The van der Waals surface area contributed by atoms with Gasteiger partial charge in [-0.1, -0.05) is 6.07 Å². The zero-order chi connectivity index (χ0) is 11.4. The van der Waals surface area contributed by atoms with Gasteiger partial charge >= 0.3 is 5.97 Å². The molecule has 1 N–H and O–H groups in total. The smallest absolute Gasteiger partial charge is 0.339 e. The first-order chi connectivity index (χ1) is 7.15. The van der Waals surface area contributed by atoms with E-state index in [0.29, 0.717) is 5.56 Å². The molecule has 0 aliphatic rings. The van der Waals surface area contributed by atoms with Gasteiger partial charge in [-0.3, -0.25) is 0 Å². The monoisotopic (exact) mass is 225 g/mol. The number of carboxylic acid groups (broad SMARTS) is 1. The van der Waals surface area contributed by atoms with Crippen LogP contribution in [0.25, 0.3) is 0 Å². The van der Waals surface area contributed by atoms with Crippen molar-refractivity contribution in [1.82, 2.24) is 0 Å². The first kappa shape index (κ1) is 11.3. The third kappa shape index (κ3) is 2.03. The highest BCUT2D eigenvalue weighted by Gasteiger charge is 2.17. The van der Waals surface area contributed by atoms with Crippen molar-refractivity contribution in [3.05, 3.63) is 28.8 Å². The van der Waals surface area contributed by atoms with E-state index < -0.39 is 5.97 Å². The van der Waals surface area contributed by atoms with Crippen LogP contribution in [0.1, 0.15) is 21.5 Å². The van der Waals surface area contributed by atoms with E-state index in [2.05, 4.69) is 0 Å². The summed E-state index contributed by atoms with van der Waals surface area (Å²) in [5.74, 6) is -0.938. The van der Waals surface area contributed by atoms with Gasteiger partial charge < -0.3 is 9.84 Å². The van der Waals surface area contributed by atoms with Gasteiger partial charge in [-0.05, 0) is 11.6 Å². The number of hydrogen-bond acceptors (Lipinski definition) is 3. The summed E-state index contributed by atoms with van der Waals surface area (Å²) in [7, 11) is 1.32. The third-order valence-corrected chi connectivity index (χ3v) is 2.22. The molecule has 0 bridgehead atoms. The third-order valence-electron chi connectivity index (χ3n) is 1.93. The lowest BCUT2D eigenvalue weighted by molar-refractivity contribution is 0.0693. The molecule has 4 nitrogen and oxygen atoms in total. The Morgan fingerprint density at radius 3 is 2.73 bits per heavy atom. The number of benzene rings is 1. The number of carbonyl (C=O) groups is 1. The fourth-order valence-corrected chi connectivity index (χ4v) is 1.46. The highest BCUT2D eigenvalue weighted by atomic mass is 35.5. The Morgan fingerprint density at radius 2 is 2.33 bits per heavy atom. The van der Waals surface area contributed by atoms with Crippen LogP contribution in [0, 0.1) is 11.3 Å². The number of nitrogens with zero attached hydrogens (tertiary/aromatic N) is 1. The highest BCUT2D eigenvalue weighted by molar-refractivity contribution is 6.17. The number of hydrogen-bond donors (Lipinski definition) is 1. The Balaban J connectivity index is 3.50. The average Bonchev–Trinajstić information content (AvgIpc) is 2.26. The quantitative estimate of drug-likeness (QED) is 0.799. The summed E-state index contributed by atoms with van der Waals surface area (Å²) in [6, 6.07) is 4.77. The molecular weight excluding hydrogens is 218 g/mol. The topological polar surface area (TPSA) is 70.3 Å². The number of methoxy groups -OCH3 is 1. The zero-order valence-electron chi connectivity index (χ0n) is 7.95. The summed E-state index contributed by atoms with van der Waals surface area (Å²) in [4.78, 5) is 10.8. The van der Waals surface area contributed by atoms with Crippen molar-refractivity contribution < 1.29 is 14.6 Å². The summed E-state index contributed by atoms with van der Waals surface area (Å²) in [6.45, 7) is 0. The van der Waals surface area contributed by atoms with Crippen LogP contribution in [0.3, 0.4) is 0 Å². The van der Waals surface area contributed by atoms with E-state index in [1.807, 2.05) is 6.07 Å². The summed E-state index contributed by atoms with van der Waals surface area (Å²) in [5, 5.41) is 17.7. The Labute approximate surface area is 91.7 Å². The number of alkyl halides is 1. The predicted molar refractivity (Wildman–Crippen MR) is 54.2 cm³/mol. The molecule has 0 amide bonds. The molecule has 0 saturated heterocycles. The van der Waals surface area contributed by atoms with E-state index in [0.717, 1.165) is 0 Å². The van der Waals surface area contributed by atoms with Crippen molar-refractivity contribution in [3.63, 3.8) is 0 Å². The van der Waals surface area contributed by atoms with Crippen LogP contribution in [0.15, 0.2) is 12.1 Å². The second-order valence-electron chi connectivity index (χ2n) is 2.73. The van der Waals surface area contributed by atoms with Crippen LogP contribution >= 0.6 is 11.6 Å². The first-order valence-electron chi connectivity index (χ1n) is 4.05. The van der Waals surface area contributed by atoms with Crippen LogP contribution in [0.5, 0.6) is 5.75 Å². The molecule has 0 unspecified atom stereocenters. The molecule has 0 atom stereocenters. The SMILES string of the molecule is COc1c(C(=O)O)ccc(CCl)c1C#N. The molecule has 0 fully saturated rings. The number of ether oxygens (including phenoxy) is 1. The molecule has 0 radical (unpaired) electrons. The summed E-state index contributed by atoms with van der Waals surface area (Å²) in [6.07, 6.45) is 0. The molecule has 0 saturated carbocycles.